The van der Waals surface area contributed by atoms with Crippen molar-refractivity contribution in [1.29, 1.82) is 0 Å². The lowest BCUT2D eigenvalue weighted by Gasteiger charge is -2.31. The maximum absolute atomic E-state index is 5.95. The van der Waals surface area contributed by atoms with Crippen molar-refractivity contribution in [2.75, 3.05) is 6.54 Å². The zero-order chi connectivity index (χ0) is 11.4. The zero-order valence-corrected chi connectivity index (χ0v) is 10.6. The molecule has 2 heteroatoms. The predicted octanol–water partition coefficient (Wildman–Crippen LogP) is 3.36. The molecule has 16 heavy (non-hydrogen) atoms. The van der Waals surface area contributed by atoms with Gasteiger partial charge in [-0.2, -0.15) is 0 Å². The number of halogens is 1. The first kappa shape index (κ1) is 11.9. The Morgan fingerprint density at radius 3 is 2.38 bits per heavy atom. The maximum Gasteiger partial charge on any atom is 0.0342 e. The number of alkyl halides is 1. The SMILES string of the molecule is CCc1ccc(CNCC2CC(Cl)C2)cc1. The molecule has 0 unspecified atom stereocenters. The molecular weight excluding hydrogens is 218 g/mol. The molecule has 0 heterocycles. The highest BCUT2D eigenvalue weighted by Gasteiger charge is 2.26. The Bertz CT molecular complexity index is 314. The van der Waals surface area contributed by atoms with Crippen LogP contribution >= 0.6 is 11.6 Å². The summed E-state index contributed by atoms with van der Waals surface area (Å²) in [5, 5.41) is 3.94. The van der Waals surface area contributed by atoms with Crippen LogP contribution in [0, 0.1) is 5.92 Å². The van der Waals surface area contributed by atoms with Crippen molar-refractivity contribution in [2.45, 2.75) is 38.1 Å². The van der Waals surface area contributed by atoms with Gasteiger partial charge in [0.1, 0.15) is 0 Å². The first-order valence-corrected chi connectivity index (χ1v) is 6.64. The first-order chi connectivity index (χ1) is 7.78. The Morgan fingerprint density at radius 1 is 1.19 bits per heavy atom. The molecule has 1 N–H and O–H groups in total. The number of nitrogens with one attached hydrogen (secondary N) is 1. The standard InChI is InChI=1S/C14H20ClN/c1-2-11-3-5-12(6-4-11)9-16-10-13-7-14(15)8-13/h3-6,13-14,16H,2,7-10H2,1H3. The van der Waals surface area contributed by atoms with Gasteiger partial charge in [-0.15, -0.1) is 11.6 Å². The molecule has 0 aromatic heterocycles. The Balaban J connectivity index is 1.68. The minimum atomic E-state index is 0.440. The molecular formula is C14H20ClN. The molecule has 1 fully saturated rings. The zero-order valence-electron chi connectivity index (χ0n) is 9.88. The van der Waals surface area contributed by atoms with Gasteiger partial charge in [-0.3, -0.25) is 0 Å². The third-order valence-corrected chi connectivity index (χ3v) is 3.73. The molecule has 0 saturated heterocycles. The van der Waals surface area contributed by atoms with Crippen molar-refractivity contribution in [3.8, 4) is 0 Å². The molecule has 0 bridgehead atoms. The third-order valence-electron chi connectivity index (χ3n) is 3.37. The van der Waals surface area contributed by atoms with Crippen LogP contribution < -0.4 is 5.32 Å². The summed E-state index contributed by atoms with van der Waals surface area (Å²) in [5.41, 5.74) is 2.78. The summed E-state index contributed by atoms with van der Waals surface area (Å²) in [7, 11) is 0. The quantitative estimate of drug-likeness (QED) is 0.775. The monoisotopic (exact) mass is 237 g/mol. The second-order valence-corrected chi connectivity index (χ2v) is 5.35. The van der Waals surface area contributed by atoms with E-state index in [1.165, 1.54) is 24.0 Å². The molecule has 1 aromatic rings. The highest BCUT2D eigenvalue weighted by atomic mass is 35.5. The molecule has 0 spiro atoms. The van der Waals surface area contributed by atoms with Crippen LogP contribution in [0.4, 0.5) is 0 Å². The highest BCUT2D eigenvalue weighted by Crippen LogP contribution is 2.31. The minimum Gasteiger partial charge on any atom is -0.312 e. The van der Waals surface area contributed by atoms with Crippen molar-refractivity contribution in [3.05, 3.63) is 35.4 Å². The fourth-order valence-electron chi connectivity index (χ4n) is 2.13. The summed E-state index contributed by atoms with van der Waals surface area (Å²) in [4.78, 5) is 0. The fraction of sp³-hybridized carbons (Fsp3) is 0.571. The van der Waals surface area contributed by atoms with Gasteiger partial charge in [0.15, 0.2) is 0 Å². The average Bonchev–Trinajstić information content (AvgIpc) is 2.27. The lowest BCUT2D eigenvalue weighted by molar-refractivity contribution is 0.308. The lowest BCUT2D eigenvalue weighted by Crippen LogP contribution is -2.33. The molecule has 0 amide bonds. The molecule has 1 saturated carbocycles. The number of hydrogen-bond acceptors (Lipinski definition) is 1. The van der Waals surface area contributed by atoms with Crippen molar-refractivity contribution >= 4 is 11.6 Å². The van der Waals surface area contributed by atoms with E-state index in [9.17, 15) is 0 Å². The van der Waals surface area contributed by atoms with Crippen molar-refractivity contribution in [3.63, 3.8) is 0 Å². The second-order valence-electron chi connectivity index (χ2n) is 4.74. The fourth-order valence-corrected chi connectivity index (χ4v) is 2.64. The van der Waals surface area contributed by atoms with Gasteiger partial charge >= 0.3 is 0 Å². The van der Waals surface area contributed by atoms with Crippen molar-refractivity contribution in [1.82, 2.24) is 5.32 Å². The van der Waals surface area contributed by atoms with Crippen LogP contribution in [0.25, 0.3) is 0 Å². The van der Waals surface area contributed by atoms with Crippen LogP contribution in [0.2, 0.25) is 0 Å². The molecule has 1 aliphatic carbocycles. The molecule has 1 aliphatic rings. The molecule has 0 radical (unpaired) electrons. The van der Waals surface area contributed by atoms with E-state index in [4.69, 9.17) is 11.6 Å². The van der Waals surface area contributed by atoms with Gasteiger partial charge < -0.3 is 5.32 Å². The summed E-state index contributed by atoms with van der Waals surface area (Å²) in [6.45, 7) is 4.28. The Labute approximate surface area is 103 Å². The number of hydrogen-bond donors (Lipinski definition) is 1. The lowest BCUT2D eigenvalue weighted by atomic mass is 9.85. The largest absolute Gasteiger partial charge is 0.312 e. The van der Waals surface area contributed by atoms with E-state index >= 15 is 0 Å². The summed E-state index contributed by atoms with van der Waals surface area (Å²) >= 11 is 5.95. The van der Waals surface area contributed by atoms with E-state index in [2.05, 4.69) is 36.5 Å². The number of benzene rings is 1. The molecule has 2 rings (SSSR count). The summed E-state index contributed by atoms with van der Waals surface area (Å²) < 4.78 is 0. The topological polar surface area (TPSA) is 12.0 Å². The van der Waals surface area contributed by atoms with Gasteiger partial charge in [0.05, 0.1) is 0 Å². The number of aryl methyl sites for hydroxylation is 1. The molecule has 88 valence electrons. The first-order valence-electron chi connectivity index (χ1n) is 6.20. The minimum absolute atomic E-state index is 0.440. The molecule has 0 atom stereocenters. The van der Waals surface area contributed by atoms with Crippen molar-refractivity contribution in [2.24, 2.45) is 5.92 Å². The smallest absolute Gasteiger partial charge is 0.0342 e. The van der Waals surface area contributed by atoms with Crippen LogP contribution in [-0.2, 0) is 13.0 Å². The van der Waals surface area contributed by atoms with E-state index in [0.717, 1.165) is 25.4 Å². The average molecular weight is 238 g/mol. The number of rotatable bonds is 5. The third kappa shape index (κ3) is 3.23. The second kappa shape index (κ2) is 5.70. The molecule has 1 aromatic carbocycles. The van der Waals surface area contributed by atoms with Crippen LogP contribution in [0.3, 0.4) is 0 Å². The van der Waals surface area contributed by atoms with Crippen LogP contribution in [-0.4, -0.2) is 11.9 Å². The van der Waals surface area contributed by atoms with E-state index in [-0.39, 0.29) is 0 Å². The van der Waals surface area contributed by atoms with Gasteiger partial charge in [0.25, 0.3) is 0 Å². The van der Waals surface area contributed by atoms with Gasteiger partial charge in [0, 0.05) is 11.9 Å². The Morgan fingerprint density at radius 2 is 1.81 bits per heavy atom. The van der Waals surface area contributed by atoms with E-state index in [0.29, 0.717) is 5.38 Å². The predicted molar refractivity (Wildman–Crippen MR) is 69.9 cm³/mol. The Kier molecular flexibility index (Phi) is 4.25. The molecule has 1 nitrogen and oxygen atoms in total. The van der Waals surface area contributed by atoms with Crippen LogP contribution in [0.1, 0.15) is 30.9 Å². The summed E-state index contributed by atoms with van der Waals surface area (Å²) in [6.07, 6.45) is 3.49. The van der Waals surface area contributed by atoms with E-state index < -0.39 is 0 Å². The normalized spacial score (nSPS) is 24.1. The van der Waals surface area contributed by atoms with Crippen molar-refractivity contribution < 1.29 is 0 Å². The van der Waals surface area contributed by atoms with Gasteiger partial charge in [-0.1, -0.05) is 31.2 Å². The van der Waals surface area contributed by atoms with E-state index in [1.807, 2.05) is 0 Å². The van der Waals surface area contributed by atoms with E-state index in [1.54, 1.807) is 0 Å². The van der Waals surface area contributed by atoms with Crippen LogP contribution in [0.5, 0.6) is 0 Å². The van der Waals surface area contributed by atoms with Crippen LogP contribution in [0.15, 0.2) is 24.3 Å². The Hall–Kier alpha value is -0.530. The van der Waals surface area contributed by atoms with Gasteiger partial charge in [0.2, 0.25) is 0 Å². The highest BCUT2D eigenvalue weighted by molar-refractivity contribution is 6.21. The maximum atomic E-state index is 5.95. The van der Waals surface area contributed by atoms with Gasteiger partial charge in [-0.05, 0) is 42.9 Å². The van der Waals surface area contributed by atoms with Gasteiger partial charge in [-0.25, -0.2) is 0 Å². The summed E-state index contributed by atoms with van der Waals surface area (Å²) in [5.74, 6) is 0.803. The summed E-state index contributed by atoms with van der Waals surface area (Å²) in [6, 6.07) is 8.87. The molecule has 0 aliphatic heterocycles.